The highest BCUT2D eigenvalue weighted by Crippen LogP contribution is 2.33. The number of rotatable bonds is 4. The SMILES string of the molecule is COc1ccc(NC(=O)C2(C)CCN(C)C2)cc1OC. The molecule has 1 aliphatic heterocycles. The number of hydrogen-bond acceptors (Lipinski definition) is 4. The van der Waals surface area contributed by atoms with E-state index in [1.165, 1.54) is 0 Å². The van der Waals surface area contributed by atoms with E-state index in [9.17, 15) is 4.79 Å². The first-order valence-corrected chi connectivity index (χ1v) is 6.70. The summed E-state index contributed by atoms with van der Waals surface area (Å²) in [4.78, 5) is 14.6. The molecule has 1 saturated heterocycles. The Balaban J connectivity index is 2.12. The van der Waals surface area contributed by atoms with E-state index in [0.717, 1.165) is 25.2 Å². The highest BCUT2D eigenvalue weighted by atomic mass is 16.5. The minimum atomic E-state index is -0.331. The van der Waals surface area contributed by atoms with Gasteiger partial charge in [0.1, 0.15) is 0 Å². The van der Waals surface area contributed by atoms with Crippen molar-refractivity contribution in [1.82, 2.24) is 4.90 Å². The Morgan fingerprint density at radius 3 is 2.55 bits per heavy atom. The van der Waals surface area contributed by atoms with Gasteiger partial charge in [-0.25, -0.2) is 0 Å². The van der Waals surface area contributed by atoms with Gasteiger partial charge in [-0.2, -0.15) is 0 Å². The normalized spacial score (nSPS) is 22.6. The summed E-state index contributed by atoms with van der Waals surface area (Å²) in [7, 11) is 5.21. The molecular formula is C15H22N2O3. The van der Waals surface area contributed by atoms with Crippen LogP contribution in [0, 0.1) is 5.41 Å². The van der Waals surface area contributed by atoms with Crippen LogP contribution in [0.2, 0.25) is 0 Å². The van der Waals surface area contributed by atoms with Crippen molar-refractivity contribution in [3.63, 3.8) is 0 Å². The van der Waals surface area contributed by atoms with E-state index in [0.29, 0.717) is 11.5 Å². The van der Waals surface area contributed by atoms with Crippen LogP contribution in [-0.4, -0.2) is 45.2 Å². The van der Waals surface area contributed by atoms with Gasteiger partial charge < -0.3 is 19.7 Å². The molecule has 0 aliphatic carbocycles. The predicted octanol–water partition coefficient (Wildman–Crippen LogP) is 1.98. The first-order valence-electron chi connectivity index (χ1n) is 6.70. The van der Waals surface area contributed by atoms with Gasteiger partial charge in [0.25, 0.3) is 0 Å². The molecule has 0 radical (unpaired) electrons. The lowest BCUT2D eigenvalue weighted by molar-refractivity contribution is -0.124. The van der Waals surface area contributed by atoms with Gasteiger partial charge in [0.2, 0.25) is 5.91 Å². The summed E-state index contributed by atoms with van der Waals surface area (Å²) in [5.41, 5.74) is 0.394. The molecule has 1 aliphatic rings. The van der Waals surface area contributed by atoms with Gasteiger partial charge in [0.05, 0.1) is 19.6 Å². The second-order valence-corrected chi connectivity index (χ2v) is 5.57. The van der Waals surface area contributed by atoms with Gasteiger partial charge in [0, 0.05) is 18.3 Å². The van der Waals surface area contributed by atoms with Crippen LogP contribution in [0.5, 0.6) is 11.5 Å². The van der Waals surface area contributed by atoms with Crippen molar-refractivity contribution in [2.75, 3.05) is 39.7 Å². The number of amides is 1. The lowest BCUT2D eigenvalue weighted by Gasteiger charge is -2.23. The largest absolute Gasteiger partial charge is 0.493 e. The van der Waals surface area contributed by atoms with Crippen molar-refractivity contribution in [3.05, 3.63) is 18.2 Å². The van der Waals surface area contributed by atoms with Crippen molar-refractivity contribution in [2.45, 2.75) is 13.3 Å². The van der Waals surface area contributed by atoms with Crippen molar-refractivity contribution < 1.29 is 14.3 Å². The second kappa shape index (κ2) is 5.71. The first kappa shape index (κ1) is 14.7. The van der Waals surface area contributed by atoms with Gasteiger partial charge >= 0.3 is 0 Å². The summed E-state index contributed by atoms with van der Waals surface area (Å²) < 4.78 is 10.4. The predicted molar refractivity (Wildman–Crippen MR) is 78.4 cm³/mol. The fourth-order valence-corrected chi connectivity index (χ4v) is 2.57. The van der Waals surface area contributed by atoms with Crippen molar-refractivity contribution in [1.29, 1.82) is 0 Å². The smallest absolute Gasteiger partial charge is 0.231 e. The zero-order chi connectivity index (χ0) is 14.8. The number of likely N-dealkylation sites (tertiary alicyclic amines) is 1. The molecule has 1 unspecified atom stereocenters. The fourth-order valence-electron chi connectivity index (χ4n) is 2.57. The number of carbonyl (C=O) groups excluding carboxylic acids is 1. The van der Waals surface area contributed by atoms with Gasteiger partial charge in [-0.1, -0.05) is 0 Å². The topological polar surface area (TPSA) is 50.8 Å². The third-order valence-corrected chi connectivity index (χ3v) is 3.85. The Labute approximate surface area is 119 Å². The molecule has 0 saturated carbocycles. The highest BCUT2D eigenvalue weighted by Gasteiger charge is 2.38. The van der Waals surface area contributed by atoms with E-state index in [2.05, 4.69) is 10.2 Å². The zero-order valence-electron chi connectivity index (χ0n) is 12.5. The Morgan fingerprint density at radius 2 is 2.00 bits per heavy atom. The molecule has 1 aromatic rings. The number of anilines is 1. The molecule has 1 fully saturated rings. The number of nitrogens with one attached hydrogen (secondary N) is 1. The molecule has 1 amide bonds. The Morgan fingerprint density at radius 1 is 1.30 bits per heavy atom. The van der Waals surface area contributed by atoms with Crippen LogP contribution in [0.4, 0.5) is 5.69 Å². The maximum absolute atomic E-state index is 12.4. The fraction of sp³-hybridized carbons (Fsp3) is 0.533. The van der Waals surface area contributed by atoms with Crippen LogP contribution >= 0.6 is 0 Å². The molecular weight excluding hydrogens is 256 g/mol. The summed E-state index contributed by atoms with van der Waals surface area (Å²) in [6, 6.07) is 5.39. The molecule has 0 spiro atoms. The van der Waals surface area contributed by atoms with Crippen LogP contribution in [0.15, 0.2) is 18.2 Å². The molecule has 20 heavy (non-hydrogen) atoms. The minimum Gasteiger partial charge on any atom is -0.493 e. The molecule has 1 atom stereocenters. The van der Waals surface area contributed by atoms with E-state index in [1.54, 1.807) is 26.4 Å². The Kier molecular flexibility index (Phi) is 4.18. The van der Waals surface area contributed by atoms with Crippen molar-refractivity contribution >= 4 is 11.6 Å². The molecule has 0 aromatic heterocycles. The first-order chi connectivity index (χ1) is 9.48. The third kappa shape index (κ3) is 2.88. The van der Waals surface area contributed by atoms with Crippen molar-refractivity contribution in [3.8, 4) is 11.5 Å². The second-order valence-electron chi connectivity index (χ2n) is 5.57. The maximum atomic E-state index is 12.4. The zero-order valence-corrected chi connectivity index (χ0v) is 12.5. The van der Waals surface area contributed by atoms with E-state index in [4.69, 9.17) is 9.47 Å². The van der Waals surface area contributed by atoms with Gasteiger partial charge in [-0.05, 0) is 39.1 Å². The van der Waals surface area contributed by atoms with Gasteiger partial charge in [-0.15, -0.1) is 0 Å². The third-order valence-electron chi connectivity index (χ3n) is 3.85. The number of benzene rings is 1. The summed E-state index contributed by atoms with van der Waals surface area (Å²) in [6.45, 7) is 3.74. The van der Waals surface area contributed by atoms with E-state index in [1.807, 2.05) is 20.0 Å². The molecule has 1 heterocycles. The molecule has 5 heteroatoms. The number of hydrogen-bond donors (Lipinski definition) is 1. The van der Waals surface area contributed by atoms with E-state index in [-0.39, 0.29) is 11.3 Å². The summed E-state index contributed by atoms with van der Waals surface area (Å²) >= 11 is 0. The van der Waals surface area contributed by atoms with Crippen LogP contribution in [0.1, 0.15) is 13.3 Å². The van der Waals surface area contributed by atoms with E-state index >= 15 is 0 Å². The standard InChI is InChI=1S/C15H22N2O3/c1-15(7-8-17(2)10-15)14(18)16-11-5-6-12(19-3)13(9-11)20-4/h5-6,9H,7-8,10H2,1-4H3,(H,16,18). The average Bonchev–Trinajstić information content (AvgIpc) is 2.79. The minimum absolute atomic E-state index is 0.0501. The maximum Gasteiger partial charge on any atom is 0.231 e. The summed E-state index contributed by atoms with van der Waals surface area (Å²) in [5, 5.41) is 2.97. The molecule has 1 N–H and O–H groups in total. The molecule has 0 bridgehead atoms. The summed E-state index contributed by atoms with van der Waals surface area (Å²) in [5.74, 6) is 1.31. The van der Waals surface area contributed by atoms with Gasteiger partial charge in [0.15, 0.2) is 11.5 Å². The van der Waals surface area contributed by atoms with Crippen LogP contribution < -0.4 is 14.8 Å². The quantitative estimate of drug-likeness (QED) is 0.915. The van der Waals surface area contributed by atoms with Crippen LogP contribution in [0.25, 0.3) is 0 Å². The Bertz CT molecular complexity index is 504. The molecule has 110 valence electrons. The van der Waals surface area contributed by atoms with Crippen LogP contribution in [0.3, 0.4) is 0 Å². The van der Waals surface area contributed by atoms with E-state index < -0.39 is 0 Å². The average molecular weight is 278 g/mol. The lowest BCUT2D eigenvalue weighted by Crippen LogP contribution is -2.35. The lowest BCUT2D eigenvalue weighted by atomic mass is 9.88. The Hall–Kier alpha value is -1.75. The summed E-state index contributed by atoms with van der Waals surface area (Å²) in [6.07, 6.45) is 0.878. The number of carbonyl (C=O) groups is 1. The van der Waals surface area contributed by atoms with Crippen molar-refractivity contribution in [2.24, 2.45) is 5.41 Å². The molecule has 1 aromatic carbocycles. The number of ether oxygens (including phenoxy) is 2. The number of methoxy groups -OCH3 is 2. The van der Waals surface area contributed by atoms with Crippen LogP contribution in [-0.2, 0) is 4.79 Å². The molecule has 5 nitrogen and oxygen atoms in total. The monoisotopic (exact) mass is 278 g/mol. The highest BCUT2D eigenvalue weighted by molar-refractivity contribution is 5.95. The number of nitrogens with zero attached hydrogens (tertiary/aromatic N) is 1. The molecule has 2 rings (SSSR count). The van der Waals surface area contributed by atoms with Gasteiger partial charge in [-0.3, -0.25) is 4.79 Å².